The summed E-state index contributed by atoms with van der Waals surface area (Å²) in [7, 11) is 2.18. The molecule has 1 aliphatic heterocycles. The van der Waals surface area contributed by atoms with E-state index in [-0.39, 0.29) is 39.0 Å². The maximum Gasteiger partial charge on any atom is 0.0112 e. The molecular formula is C12H16N2Rh2-2. The summed E-state index contributed by atoms with van der Waals surface area (Å²) in [5.41, 5.74) is 1.27. The van der Waals surface area contributed by atoms with E-state index in [1.165, 1.54) is 31.7 Å². The Labute approximate surface area is 124 Å². The molecule has 0 amide bonds. The first-order valence-electron chi connectivity index (χ1n) is 5.12. The fourth-order valence-electron chi connectivity index (χ4n) is 1.72. The largest absolute Gasteiger partial charge is 0.359 e. The van der Waals surface area contributed by atoms with Crippen molar-refractivity contribution in [3.63, 3.8) is 0 Å². The SMILES string of the molecule is CN1CCN(Cc2[c-]c[c-]cc2)CC1.[Rh].[Rh]. The topological polar surface area (TPSA) is 6.48 Å². The Morgan fingerprint density at radius 3 is 2.44 bits per heavy atom. The minimum atomic E-state index is 0. The van der Waals surface area contributed by atoms with Gasteiger partial charge < -0.3 is 28.0 Å². The summed E-state index contributed by atoms with van der Waals surface area (Å²) in [6.45, 7) is 5.73. The molecule has 16 heavy (non-hydrogen) atoms. The van der Waals surface area contributed by atoms with E-state index in [2.05, 4.69) is 35.0 Å². The number of hydrogen-bond donors (Lipinski definition) is 0. The van der Waals surface area contributed by atoms with Crippen LogP contribution in [0.25, 0.3) is 0 Å². The van der Waals surface area contributed by atoms with Gasteiger partial charge in [-0.15, -0.1) is 0 Å². The van der Waals surface area contributed by atoms with Gasteiger partial charge in [0.25, 0.3) is 0 Å². The first-order chi connectivity index (χ1) is 6.84. The molecule has 1 aliphatic rings. The first kappa shape index (κ1) is 16.4. The van der Waals surface area contributed by atoms with Crippen LogP contribution in [0.15, 0.2) is 18.2 Å². The van der Waals surface area contributed by atoms with Crippen LogP contribution in [-0.4, -0.2) is 43.0 Å². The van der Waals surface area contributed by atoms with Crippen molar-refractivity contribution in [1.29, 1.82) is 0 Å². The molecule has 2 nitrogen and oxygen atoms in total. The van der Waals surface area contributed by atoms with Gasteiger partial charge in [0.1, 0.15) is 0 Å². The molecule has 0 N–H and O–H groups in total. The number of piperazine rings is 1. The van der Waals surface area contributed by atoms with Crippen molar-refractivity contribution in [2.45, 2.75) is 6.54 Å². The zero-order valence-electron chi connectivity index (χ0n) is 9.33. The normalized spacial score (nSPS) is 17.3. The molecule has 0 aromatic heterocycles. The van der Waals surface area contributed by atoms with Gasteiger partial charge in [-0.2, -0.15) is 0 Å². The molecule has 0 atom stereocenters. The van der Waals surface area contributed by atoms with Gasteiger partial charge in [-0.25, -0.2) is 0 Å². The molecule has 0 unspecified atom stereocenters. The molecule has 1 saturated heterocycles. The predicted molar refractivity (Wildman–Crippen MR) is 56.9 cm³/mol. The summed E-state index contributed by atoms with van der Waals surface area (Å²) in [5, 5.41) is 0. The Hall–Kier alpha value is 0.387. The zero-order chi connectivity index (χ0) is 9.80. The number of hydrogen-bond acceptors (Lipinski definition) is 2. The monoisotopic (exact) mass is 394 g/mol. The smallest absolute Gasteiger partial charge is 0.0112 e. The first-order valence-corrected chi connectivity index (χ1v) is 5.12. The van der Waals surface area contributed by atoms with Crippen molar-refractivity contribution in [2.75, 3.05) is 33.2 Å². The standard InChI is InChI=1S/C12H16N2.2Rh/c1-13-7-9-14(10-8-13)11-12-5-3-2-4-6-12;;/h3-5H,7-11H2,1H3;;/q-2;;. The van der Waals surface area contributed by atoms with Crippen LogP contribution in [-0.2, 0) is 45.5 Å². The average molecular weight is 394 g/mol. The van der Waals surface area contributed by atoms with Gasteiger partial charge in [-0.3, -0.25) is 17.7 Å². The average Bonchev–Trinajstić information content (AvgIpc) is 2.23. The molecule has 2 rings (SSSR count). The molecule has 1 fully saturated rings. The Bertz CT molecular complexity index is 272. The minimum absolute atomic E-state index is 0. The van der Waals surface area contributed by atoms with Gasteiger partial charge in [-0.1, -0.05) is 0 Å². The van der Waals surface area contributed by atoms with Crippen LogP contribution < -0.4 is 0 Å². The van der Waals surface area contributed by atoms with E-state index in [0.29, 0.717) is 0 Å². The van der Waals surface area contributed by atoms with Crippen molar-refractivity contribution in [1.82, 2.24) is 9.80 Å². The Morgan fingerprint density at radius 1 is 1.19 bits per heavy atom. The molecule has 0 saturated carbocycles. The third kappa shape index (κ3) is 5.14. The fraction of sp³-hybridized carbons (Fsp3) is 0.500. The fourth-order valence-corrected chi connectivity index (χ4v) is 1.72. The van der Waals surface area contributed by atoms with E-state index in [1.54, 1.807) is 0 Å². The van der Waals surface area contributed by atoms with E-state index in [1.807, 2.05) is 12.1 Å². The number of rotatable bonds is 2. The number of likely N-dealkylation sites (N-methyl/N-ethyl adjacent to an activating group) is 1. The van der Waals surface area contributed by atoms with E-state index < -0.39 is 0 Å². The summed E-state index contributed by atoms with van der Waals surface area (Å²) < 4.78 is 0. The third-order valence-corrected chi connectivity index (χ3v) is 2.71. The molecule has 1 aromatic rings. The molecule has 94 valence electrons. The quantitative estimate of drug-likeness (QED) is 0.547. The van der Waals surface area contributed by atoms with Gasteiger partial charge in [-0.05, 0) is 13.6 Å². The van der Waals surface area contributed by atoms with Crippen LogP contribution in [0.4, 0.5) is 0 Å². The molecule has 0 bridgehead atoms. The Kier molecular flexibility index (Phi) is 8.68. The summed E-state index contributed by atoms with van der Waals surface area (Å²) in [6, 6.07) is 12.1. The van der Waals surface area contributed by atoms with Crippen LogP contribution in [0.3, 0.4) is 0 Å². The molecule has 2 radical (unpaired) electrons. The van der Waals surface area contributed by atoms with Gasteiger partial charge in [0.2, 0.25) is 0 Å². The molecule has 1 heterocycles. The maximum atomic E-state index is 3.22. The van der Waals surface area contributed by atoms with Crippen molar-refractivity contribution < 1.29 is 39.0 Å². The maximum absolute atomic E-state index is 3.22. The molecule has 0 spiro atoms. The van der Waals surface area contributed by atoms with Gasteiger partial charge in [0.15, 0.2) is 0 Å². The van der Waals surface area contributed by atoms with Crippen molar-refractivity contribution in [3.8, 4) is 0 Å². The van der Waals surface area contributed by atoms with Crippen LogP contribution in [0.1, 0.15) is 5.56 Å². The van der Waals surface area contributed by atoms with Gasteiger partial charge in [0, 0.05) is 65.1 Å². The van der Waals surface area contributed by atoms with Crippen LogP contribution in [0.2, 0.25) is 0 Å². The summed E-state index contributed by atoms with van der Waals surface area (Å²) >= 11 is 0. The molecule has 4 heteroatoms. The molecule has 1 aromatic carbocycles. The number of benzene rings is 1. The minimum Gasteiger partial charge on any atom is -0.359 e. The summed E-state index contributed by atoms with van der Waals surface area (Å²) in [5.74, 6) is 0. The molecular weight excluding hydrogens is 378 g/mol. The van der Waals surface area contributed by atoms with Crippen molar-refractivity contribution in [3.05, 3.63) is 35.9 Å². The Balaban J connectivity index is 0.00000112. The van der Waals surface area contributed by atoms with Crippen LogP contribution >= 0.6 is 0 Å². The van der Waals surface area contributed by atoms with E-state index in [9.17, 15) is 0 Å². The van der Waals surface area contributed by atoms with E-state index in [4.69, 9.17) is 0 Å². The Morgan fingerprint density at radius 2 is 1.88 bits per heavy atom. The molecule has 0 aliphatic carbocycles. The van der Waals surface area contributed by atoms with Crippen molar-refractivity contribution in [2.24, 2.45) is 0 Å². The third-order valence-electron chi connectivity index (χ3n) is 2.71. The predicted octanol–water partition coefficient (Wildman–Crippen LogP) is 1.03. The second-order valence-corrected chi connectivity index (χ2v) is 3.89. The van der Waals surface area contributed by atoms with Crippen LogP contribution in [0, 0.1) is 12.1 Å². The van der Waals surface area contributed by atoms with Gasteiger partial charge in [0.05, 0.1) is 0 Å². The second-order valence-electron chi connectivity index (χ2n) is 3.89. The van der Waals surface area contributed by atoms with Crippen LogP contribution in [0.5, 0.6) is 0 Å². The summed E-state index contributed by atoms with van der Waals surface area (Å²) in [4.78, 5) is 4.85. The van der Waals surface area contributed by atoms with E-state index >= 15 is 0 Å². The van der Waals surface area contributed by atoms with Gasteiger partial charge >= 0.3 is 0 Å². The summed E-state index contributed by atoms with van der Waals surface area (Å²) in [6.07, 6.45) is 0. The zero-order valence-corrected chi connectivity index (χ0v) is 12.6. The van der Waals surface area contributed by atoms with E-state index in [0.717, 1.165) is 6.54 Å². The number of nitrogens with zero attached hydrogens (tertiary/aromatic N) is 2. The van der Waals surface area contributed by atoms with Crippen molar-refractivity contribution >= 4 is 0 Å². The second kappa shape index (κ2) is 8.47.